The molecule has 20 heavy (non-hydrogen) atoms. The van der Waals surface area contributed by atoms with Gasteiger partial charge in [0.1, 0.15) is 17.5 Å². The van der Waals surface area contributed by atoms with Crippen molar-refractivity contribution in [3.8, 4) is 11.5 Å². The van der Waals surface area contributed by atoms with Gasteiger partial charge in [0.2, 0.25) is 0 Å². The third kappa shape index (κ3) is 3.87. The van der Waals surface area contributed by atoms with Crippen LogP contribution in [0.2, 0.25) is 0 Å². The number of hydrogen-bond donors (Lipinski definition) is 1. The molecule has 0 saturated heterocycles. The second kappa shape index (κ2) is 7.75. The summed E-state index contributed by atoms with van der Waals surface area (Å²) in [5, 5.41) is 0. The van der Waals surface area contributed by atoms with Crippen molar-refractivity contribution >= 4 is 5.97 Å². The fourth-order valence-electron chi connectivity index (χ4n) is 2.23. The summed E-state index contributed by atoms with van der Waals surface area (Å²) < 4.78 is 15.3. The smallest absolute Gasteiger partial charge is 0.322 e. The molecule has 1 aromatic rings. The van der Waals surface area contributed by atoms with Crippen LogP contribution in [0.15, 0.2) is 18.2 Å². The van der Waals surface area contributed by atoms with Gasteiger partial charge in [0, 0.05) is 5.56 Å². The van der Waals surface area contributed by atoms with E-state index in [1.807, 2.05) is 25.1 Å². The quantitative estimate of drug-likeness (QED) is 0.775. The Bertz CT molecular complexity index is 447. The summed E-state index contributed by atoms with van der Waals surface area (Å²) >= 11 is 0. The zero-order chi connectivity index (χ0) is 15.1. The number of nitrogens with two attached hydrogens (primary N) is 1. The molecule has 5 heteroatoms. The van der Waals surface area contributed by atoms with Crippen molar-refractivity contribution < 1.29 is 19.0 Å². The molecule has 2 N–H and O–H groups in total. The minimum Gasteiger partial charge on any atom is -0.497 e. The van der Waals surface area contributed by atoms with Crippen LogP contribution in [0.3, 0.4) is 0 Å². The van der Waals surface area contributed by atoms with Crippen molar-refractivity contribution in [1.29, 1.82) is 0 Å². The predicted molar refractivity (Wildman–Crippen MR) is 77.2 cm³/mol. The Kier molecular flexibility index (Phi) is 6.31. The number of carbonyl (C=O) groups excluding carboxylic acids is 1. The van der Waals surface area contributed by atoms with Crippen molar-refractivity contribution in [2.45, 2.75) is 31.7 Å². The molecule has 0 amide bonds. The number of hydrogen-bond acceptors (Lipinski definition) is 5. The van der Waals surface area contributed by atoms with Crippen LogP contribution in [-0.2, 0) is 9.53 Å². The van der Waals surface area contributed by atoms with E-state index in [0.717, 1.165) is 23.5 Å². The van der Waals surface area contributed by atoms with Crippen molar-refractivity contribution in [2.24, 2.45) is 5.73 Å². The molecular formula is C15H23NO4. The molecule has 0 aromatic heterocycles. The second-order valence-corrected chi connectivity index (χ2v) is 4.58. The molecule has 0 aliphatic heterocycles. The lowest BCUT2D eigenvalue weighted by molar-refractivity contribution is -0.142. The van der Waals surface area contributed by atoms with Gasteiger partial charge >= 0.3 is 5.97 Å². The fraction of sp³-hybridized carbons (Fsp3) is 0.533. The van der Waals surface area contributed by atoms with Gasteiger partial charge in [-0.05, 0) is 37.0 Å². The molecule has 0 fully saturated rings. The minimum atomic E-state index is -0.638. The van der Waals surface area contributed by atoms with Crippen molar-refractivity contribution in [3.05, 3.63) is 23.8 Å². The van der Waals surface area contributed by atoms with Gasteiger partial charge in [-0.2, -0.15) is 0 Å². The van der Waals surface area contributed by atoms with Crippen molar-refractivity contribution in [1.82, 2.24) is 0 Å². The summed E-state index contributed by atoms with van der Waals surface area (Å²) in [7, 11) is 4.58. The number of ether oxygens (including phenoxy) is 3. The van der Waals surface area contributed by atoms with Gasteiger partial charge in [-0.3, -0.25) is 4.79 Å². The topological polar surface area (TPSA) is 70.8 Å². The summed E-state index contributed by atoms with van der Waals surface area (Å²) in [6.45, 7) is 2.05. The molecule has 0 heterocycles. The van der Waals surface area contributed by atoms with Gasteiger partial charge in [-0.1, -0.05) is 6.92 Å². The number of esters is 1. The van der Waals surface area contributed by atoms with E-state index < -0.39 is 12.0 Å². The molecule has 5 nitrogen and oxygen atoms in total. The predicted octanol–water partition coefficient (Wildman–Crippen LogP) is 2.09. The zero-order valence-corrected chi connectivity index (χ0v) is 12.5. The van der Waals surface area contributed by atoms with E-state index in [4.69, 9.17) is 15.2 Å². The summed E-state index contributed by atoms with van der Waals surface area (Å²) in [4.78, 5) is 11.5. The van der Waals surface area contributed by atoms with E-state index in [1.54, 1.807) is 14.2 Å². The molecule has 0 aliphatic rings. The molecular weight excluding hydrogens is 258 g/mol. The first-order valence-electron chi connectivity index (χ1n) is 6.62. The zero-order valence-electron chi connectivity index (χ0n) is 12.5. The van der Waals surface area contributed by atoms with E-state index in [2.05, 4.69) is 4.74 Å². The van der Waals surface area contributed by atoms with Crippen molar-refractivity contribution in [3.63, 3.8) is 0 Å². The van der Waals surface area contributed by atoms with Crippen LogP contribution in [0, 0.1) is 0 Å². The molecule has 0 radical (unpaired) electrons. The van der Waals surface area contributed by atoms with Crippen LogP contribution in [0.5, 0.6) is 11.5 Å². The highest BCUT2D eigenvalue weighted by atomic mass is 16.5. The highest BCUT2D eigenvalue weighted by Crippen LogP contribution is 2.34. The van der Waals surface area contributed by atoms with Crippen LogP contribution in [0.1, 0.15) is 31.2 Å². The molecule has 2 atom stereocenters. The lowest BCUT2D eigenvalue weighted by Gasteiger charge is -2.21. The van der Waals surface area contributed by atoms with Gasteiger partial charge in [0.05, 0.1) is 21.3 Å². The van der Waals surface area contributed by atoms with E-state index in [9.17, 15) is 4.79 Å². The summed E-state index contributed by atoms with van der Waals surface area (Å²) in [6, 6.07) is 4.99. The summed E-state index contributed by atoms with van der Waals surface area (Å²) in [5.41, 5.74) is 6.85. The van der Waals surface area contributed by atoms with Gasteiger partial charge in [0.15, 0.2) is 0 Å². The van der Waals surface area contributed by atoms with Crippen LogP contribution in [0.25, 0.3) is 0 Å². The molecule has 112 valence electrons. The molecule has 0 spiro atoms. The van der Waals surface area contributed by atoms with E-state index in [-0.39, 0.29) is 5.92 Å². The van der Waals surface area contributed by atoms with Gasteiger partial charge in [0.25, 0.3) is 0 Å². The normalized spacial score (nSPS) is 13.4. The average Bonchev–Trinajstić information content (AvgIpc) is 2.50. The maximum absolute atomic E-state index is 11.5. The Morgan fingerprint density at radius 2 is 1.95 bits per heavy atom. The summed E-state index contributed by atoms with van der Waals surface area (Å²) in [6.07, 6.45) is 1.35. The van der Waals surface area contributed by atoms with Gasteiger partial charge in [-0.15, -0.1) is 0 Å². The first-order chi connectivity index (χ1) is 9.57. The SMILES string of the molecule is CCC(CC(N)C(=O)OC)c1cc(OC)ccc1OC. The van der Waals surface area contributed by atoms with Gasteiger partial charge < -0.3 is 19.9 Å². The van der Waals surface area contributed by atoms with E-state index >= 15 is 0 Å². The Balaban J connectivity index is 3.01. The highest BCUT2D eigenvalue weighted by Gasteiger charge is 2.23. The molecule has 0 bridgehead atoms. The highest BCUT2D eigenvalue weighted by molar-refractivity contribution is 5.75. The molecule has 0 aliphatic carbocycles. The Hall–Kier alpha value is -1.75. The lowest BCUT2D eigenvalue weighted by atomic mass is 9.89. The Labute approximate surface area is 120 Å². The third-order valence-corrected chi connectivity index (χ3v) is 3.41. The average molecular weight is 281 g/mol. The monoisotopic (exact) mass is 281 g/mol. The molecule has 1 rings (SSSR count). The fourth-order valence-corrected chi connectivity index (χ4v) is 2.23. The molecule has 2 unspecified atom stereocenters. The van der Waals surface area contributed by atoms with Crippen LogP contribution in [-0.4, -0.2) is 33.3 Å². The largest absolute Gasteiger partial charge is 0.497 e. The first kappa shape index (κ1) is 16.3. The first-order valence-corrected chi connectivity index (χ1v) is 6.62. The van der Waals surface area contributed by atoms with Gasteiger partial charge in [-0.25, -0.2) is 0 Å². The van der Waals surface area contributed by atoms with Crippen LogP contribution in [0.4, 0.5) is 0 Å². The van der Waals surface area contributed by atoms with Crippen LogP contribution < -0.4 is 15.2 Å². The number of carbonyl (C=O) groups is 1. The van der Waals surface area contributed by atoms with E-state index in [1.165, 1.54) is 7.11 Å². The van der Waals surface area contributed by atoms with E-state index in [0.29, 0.717) is 6.42 Å². The Morgan fingerprint density at radius 3 is 2.45 bits per heavy atom. The lowest BCUT2D eigenvalue weighted by Crippen LogP contribution is -2.33. The van der Waals surface area contributed by atoms with Crippen LogP contribution >= 0.6 is 0 Å². The second-order valence-electron chi connectivity index (χ2n) is 4.58. The maximum Gasteiger partial charge on any atom is 0.322 e. The molecule has 0 saturated carbocycles. The standard InChI is InChI=1S/C15H23NO4/c1-5-10(8-13(16)15(17)20-4)12-9-11(18-2)6-7-14(12)19-3/h6-7,9-10,13H,5,8,16H2,1-4H3. The Morgan fingerprint density at radius 1 is 1.25 bits per heavy atom. The third-order valence-electron chi connectivity index (χ3n) is 3.41. The summed E-state index contributed by atoms with van der Waals surface area (Å²) in [5.74, 6) is 1.24. The molecule has 1 aromatic carbocycles. The number of benzene rings is 1. The number of methoxy groups -OCH3 is 3. The minimum absolute atomic E-state index is 0.106. The van der Waals surface area contributed by atoms with Crippen molar-refractivity contribution in [2.75, 3.05) is 21.3 Å². The maximum atomic E-state index is 11.5. The number of rotatable bonds is 7.